The molecule has 4 saturated carbocycles. The summed E-state index contributed by atoms with van der Waals surface area (Å²) < 4.78 is 0. The van der Waals surface area contributed by atoms with Crippen LogP contribution < -0.4 is 0 Å². The van der Waals surface area contributed by atoms with Gasteiger partial charge in [-0.25, -0.2) is 25.7 Å². The van der Waals surface area contributed by atoms with E-state index in [9.17, 15) is 0 Å². The fourth-order valence-electron chi connectivity index (χ4n) is 1.20. The summed E-state index contributed by atoms with van der Waals surface area (Å²) in [5.74, 6) is 0. The molecule has 0 spiro atoms. The molecule has 0 unspecified atom stereocenters. The summed E-state index contributed by atoms with van der Waals surface area (Å²) in [5.41, 5.74) is 0. The van der Waals surface area contributed by atoms with E-state index in [2.05, 4.69) is 12.8 Å². The summed E-state index contributed by atoms with van der Waals surface area (Å²) in [6.07, 6.45) is 41.0. The summed E-state index contributed by atoms with van der Waals surface area (Å²) in [6, 6.07) is 0. The first-order chi connectivity index (χ1) is 10.0. The van der Waals surface area contributed by atoms with Crippen LogP contribution in [0.4, 0.5) is 0 Å². The first-order valence-corrected chi connectivity index (χ1v) is 6.49. The molecule has 0 bridgehead atoms. The second-order valence-electron chi connectivity index (χ2n) is 3.69. The molecule has 112 valence electrons. The van der Waals surface area contributed by atoms with Gasteiger partial charge in [-0.2, -0.15) is 0 Å². The SMILES string of the molecule is [C-]1[CH][CH][CH][CH]1.[C-]1[CH][CH][CH][CH]1.[CH]1[CH][CH][CH][CH]1.[CH]1[CH][CH][CH][CH]1.[Fe+2].[Fe+2].[Hg+2]. The van der Waals surface area contributed by atoms with Gasteiger partial charge in [-0.1, -0.05) is 25.7 Å². The van der Waals surface area contributed by atoms with E-state index in [-0.39, 0.29) is 61.8 Å². The maximum absolute atomic E-state index is 2.86. The van der Waals surface area contributed by atoms with Crippen molar-refractivity contribution in [2.75, 3.05) is 0 Å². The summed E-state index contributed by atoms with van der Waals surface area (Å²) in [5, 5.41) is 0. The average Bonchev–Trinajstić information content (AvgIpc) is 3.40. The molecule has 3 heteroatoms. The molecule has 0 aromatic carbocycles. The molecule has 0 amide bonds. The van der Waals surface area contributed by atoms with E-state index in [0.29, 0.717) is 0 Å². The van der Waals surface area contributed by atoms with Crippen molar-refractivity contribution in [3.8, 4) is 0 Å². The molecule has 4 aliphatic rings. The standard InChI is InChI=1S/2C5H5.2C5H4.2Fe.Hg/c4*1-2-4-5-3-1;;;/h2*1-5H;2*1-4H;;;/q;;2*-1;3*+2. The van der Waals surface area contributed by atoms with Crippen molar-refractivity contribution in [3.63, 3.8) is 0 Å². The second kappa shape index (κ2) is 26.2. The maximum Gasteiger partial charge on any atom is 2.00 e. The van der Waals surface area contributed by atoms with E-state index >= 15 is 0 Å². The molecule has 0 aromatic rings. The second-order valence-corrected chi connectivity index (χ2v) is 3.69. The smallest absolute Gasteiger partial charge is 0.474 e. The summed E-state index contributed by atoms with van der Waals surface area (Å²) in [7, 11) is 0. The van der Waals surface area contributed by atoms with Crippen LogP contribution in [0.1, 0.15) is 0 Å². The molecular formula is C20H18Fe2Hg+4. The molecule has 20 radical (unpaired) electrons. The predicted molar refractivity (Wildman–Crippen MR) is 83.9 cm³/mol. The van der Waals surface area contributed by atoms with Crippen LogP contribution >= 0.6 is 0 Å². The third-order valence-electron chi connectivity index (χ3n) is 2.10. The Hall–Kier alpha value is 1.97. The van der Waals surface area contributed by atoms with Crippen LogP contribution in [-0.2, 0) is 61.8 Å². The van der Waals surface area contributed by atoms with Crippen LogP contribution in [0.15, 0.2) is 0 Å². The zero-order chi connectivity index (χ0) is 14.1. The van der Waals surface area contributed by atoms with Gasteiger partial charge in [0, 0.05) is 0 Å². The number of rotatable bonds is 0. The average molecular weight is 571 g/mol. The minimum absolute atomic E-state index is 0. The minimum Gasteiger partial charge on any atom is -0.474 e. The molecule has 0 aliphatic heterocycles. The van der Waals surface area contributed by atoms with Gasteiger partial charge in [-0.05, 0) is 64.2 Å². The summed E-state index contributed by atoms with van der Waals surface area (Å²) in [4.78, 5) is 0. The Kier molecular flexibility index (Phi) is 33.9. The van der Waals surface area contributed by atoms with Gasteiger partial charge in [0.1, 0.15) is 0 Å². The minimum atomic E-state index is 0. The van der Waals surface area contributed by atoms with Crippen molar-refractivity contribution in [3.05, 3.63) is 128 Å². The Bertz CT molecular complexity index is 102. The monoisotopic (exact) mass is 572 g/mol. The van der Waals surface area contributed by atoms with E-state index in [1.807, 2.05) is 116 Å². The van der Waals surface area contributed by atoms with Gasteiger partial charge >= 0.3 is 61.8 Å². The van der Waals surface area contributed by atoms with Crippen molar-refractivity contribution in [2.45, 2.75) is 0 Å². The Morgan fingerprint density at radius 1 is 0.304 bits per heavy atom. The Labute approximate surface area is 188 Å². The molecule has 0 heterocycles. The molecule has 4 aliphatic carbocycles. The van der Waals surface area contributed by atoms with Crippen LogP contribution in [0, 0.1) is 128 Å². The Morgan fingerprint density at radius 3 is 0.565 bits per heavy atom. The van der Waals surface area contributed by atoms with Gasteiger partial charge in [0.05, 0.1) is 0 Å². The van der Waals surface area contributed by atoms with Gasteiger partial charge in [0.2, 0.25) is 0 Å². The molecular weight excluding hydrogens is 552 g/mol. The van der Waals surface area contributed by atoms with Crippen molar-refractivity contribution in [1.82, 2.24) is 0 Å². The van der Waals surface area contributed by atoms with E-state index < -0.39 is 0 Å². The molecule has 0 atom stereocenters. The van der Waals surface area contributed by atoms with Gasteiger partial charge < -0.3 is 12.8 Å². The van der Waals surface area contributed by atoms with E-state index in [1.165, 1.54) is 0 Å². The number of hydrogen-bond acceptors (Lipinski definition) is 0. The third-order valence-corrected chi connectivity index (χ3v) is 2.10. The zero-order valence-corrected chi connectivity index (χ0v) is 20.5. The number of hydrogen-bond donors (Lipinski definition) is 0. The van der Waals surface area contributed by atoms with Gasteiger partial charge in [0.15, 0.2) is 0 Å². The largest absolute Gasteiger partial charge is 2.00 e. The van der Waals surface area contributed by atoms with Crippen molar-refractivity contribution in [1.29, 1.82) is 0 Å². The van der Waals surface area contributed by atoms with Crippen LogP contribution in [0.5, 0.6) is 0 Å². The topological polar surface area (TPSA) is 0 Å². The predicted octanol–water partition coefficient (Wildman–Crippen LogP) is 3.83. The van der Waals surface area contributed by atoms with Crippen molar-refractivity contribution in [2.24, 2.45) is 0 Å². The Balaban J connectivity index is -0.000000222. The van der Waals surface area contributed by atoms with Crippen LogP contribution in [0.3, 0.4) is 0 Å². The molecule has 23 heavy (non-hydrogen) atoms. The molecule has 0 aromatic heterocycles. The van der Waals surface area contributed by atoms with Crippen LogP contribution in [0.2, 0.25) is 0 Å². The van der Waals surface area contributed by atoms with Gasteiger partial charge in [-0.15, -0.1) is 0 Å². The normalized spacial score (nSPS) is 20.9. The van der Waals surface area contributed by atoms with Crippen LogP contribution in [-0.4, -0.2) is 0 Å². The van der Waals surface area contributed by atoms with E-state index in [0.717, 1.165) is 0 Å². The summed E-state index contributed by atoms with van der Waals surface area (Å²) >= 11 is 0. The summed E-state index contributed by atoms with van der Waals surface area (Å²) in [6.45, 7) is 0. The Morgan fingerprint density at radius 2 is 0.478 bits per heavy atom. The van der Waals surface area contributed by atoms with Gasteiger partial charge in [-0.3, -0.25) is 0 Å². The molecule has 0 N–H and O–H groups in total. The maximum atomic E-state index is 2.86. The fourth-order valence-corrected chi connectivity index (χ4v) is 1.20. The molecule has 4 fully saturated rings. The molecule has 0 nitrogen and oxygen atoms in total. The van der Waals surface area contributed by atoms with Crippen molar-refractivity contribution < 1.29 is 61.8 Å². The zero-order valence-electron chi connectivity index (χ0n) is 12.8. The van der Waals surface area contributed by atoms with Crippen LogP contribution in [0.25, 0.3) is 0 Å². The quantitative estimate of drug-likeness (QED) is 0.307. The molecule has 4 rings (SSSR count). The third kappa shape index (κ3) is 24.0. The fraction of sp³-hybridized carbons (Fsp3) is 0. The van der Waals surface area contributed by atoms with Gasteiger partial charge in [0.25, 0.3) is 0 Å². The van der Waals surface area contributed by atoms with E-state index in [4.69, 9.17) is 0 Å². The van der Waals surface area contributed by atoms with E-state index in [1.54, 1.807) is 0 Å². The molecule has 0 saturated heterocycles. The van der Waals surface area contributed by atoms with Crippen molar-refractivity contribution >= 4 is 0 Å². The first-order valence-electron chi connectivity index (χ1n) is 6.49. The first kappa shape index (κ1) is 29.7.